The summed E-state index contributed by atoms with van der Waals surface area (Å²) in [6.07, 6.45) is 2.90. The highest BCUT2D eigenvalue weighted by Gasteiger charge is 2.06. The molecule has 0 fully saturated rings. The summed E-state index contributed by atoms with van der Waals surface area (Å²) in [7, 11) is 0. The molecule has 0 saturated carbocycles. The zero-order valence-corrected chi connectivity index (χ0v) is 11.4. The average molecular weight is 282 g/mol. The Kier molecular flexibility index (Phi) is 3.42. The predicted octanol–water partition coefficient (Wildman–Crippen LogP) is 0.955. The third-order valence-corrected chi connectivity index (χ3v) is 2.80. The molecular weight excluding hydrogens is 268 g/mol. The molecular formula is C13H14N8. The van der Waals surface area contributed by atoms with Gasteiger partial charge < -0.3 is 11.1 Å². The Bertz CT molecular complexity index is 738. The van der Waals surface area contributed by atoms with Crippen molar-refractivity contribution in [3.8, 4) is 5.95 Å². The number of aromatic nitrogens is 6. The van der Waals surface area contributed by atoms with Gasteiger partial charge in [0.25, 0.3) is 5.95 Å². The van der Waals surface area contributed by atoms with Gasteiger partial charge in [-0.1, -0.05) is 29.8 Å². The summed E-state index contributed by atoms with van der Waals surface area (Å²) in [5.74, 6) is 0.850. The van der Waals surface area contributed by atoms with Gasteiger partial charge in [0.05, 0.1) is 0 Å². The molecule has 0 amide bonds. The summed E-state index contributed by atoms with van der Waals surface area (Å²) < 4.78 is 1.43. The van der Waals surface area contributed by atoms with E-state index in [0.717, 1.165) is 5.56 Å². The number of hydrogen-bond acceptors (Lipinski definition) is 7. The molecule has 8 heteroatoms. The first-order valence-electron chi connectivity index (χ1n) is 6.37. The lowest BCUT2D eigenvalue weighted by atomic mass is 10.1. The Balaban J connectivity index is 1.79. The number of benzene rings is 1. The van der Waals surface area contributed by atoms with E-state index in [0.29, 0.717) is 18.4 Å². The second-order valence-corrected chi connectivity index (χ2v) is 4.50. The second kappa shape index (κ2) is 5.53. The molecule has 21 heavy (non-hydrogen) atoms. The van der Waals surface area contributed by atoms with E-state index in [9.17, 15) is 0 Å². The Morgan fingerprint density at radius 1 is 1.24 bits per heavy atom. The molecule has 3 aromatic rings. The zero-order valence-electron chi connectivity index (χ0n) is 11.4. The van der Waals surface area contributed by atoms with E-state index in [1.165, 1.54) is 22.9 Å². The van der Waals surface area contributed by atoms with Crippen LogP contribution in [0.3, 0.4) is 0 Å². The number of aryl methyl sites for hydroxylation is 1. The average Bonchev–Trinajstić information content (AvgIpc) is 2.99. The van der Waals surface area contributed by atoms with Crippen molar-refractivity contribution in [2.24, 2.45) is 0 Å². The molecule has 1 aromatic carbocycles. The molecule has 2 heterocycles. The third kappa shape index (κ3) is 3.11. The molecule has 0 radical (unpaired) electrons. The van der Waals surface area contributed by atoms with Gasteiger partial charge in [-0.2, -0.15) is 24.7 Å². The first-order valence-corrected chi connectivity index (χ1v) is 6.37. The van der Waals surface area contributed by atoms with Gasteiger partial charge in [0.2, 0.25) is 11.9 Å². The molecule has 2 aromatic heterocycles. The van der Waals surface area contributed by atoms with Crippen LogP contribution >= 0.6 is 0 Å². The van der Waals surface area contributed by atoms with E-state index < -0.39 is 0 Å². The normalized spacial score (nSPS) is 10.5. The standard InChI is InChI=1S/C13H14N8/c1-9-3-2-4-10(5-9)6-16-12-18-11(14)19-13(20-12)21-8-15-7-17-21/h2-5,7-8H,6H2,1H3,(H3,14,16,18,19,20). The van der Waals surface area contributed by atoms with E-state index in [1.54, 1.807) is 0 Å². The van der Waals surface area contributed by atoms with E-state index >= 15 is 0 Å². The maximum Gasteiger partial charge on any atom is 0.258 e. The summed E-state index contributed by atoms with van der Waals surface area (Å²) in [5, 5.41) is 7.10. The molecule has 0 aliphatic heterocycles. The lowest BCUT2D eigenvalue weighted by Gasteiger charge is -2.07. The Morgan fingerprint density at radius 2 is 2.14 bits per heavy atom. The van der Waals surface area contributed by atoms with Crippen LogP contribution in [-0.4, -0.2) is 29.7 Å². The van der Waals surface area contributed by atoms with Crippen LogP contribution in [0.2, 0.25) is 0 Å². The van der Waals surface area contributed by atoms with E-state index in [2.05, 4.69) is 36.4 Å². The summed E-state index contributed by atoms with van der Waals surface area (Å²) in [6, 6.07) is 8.18. The van der Waals surface area contributed by atoms with Crippen LogP contribution in [0.1, 0.15) is 11.1 Å². The van der Waals surface area contributed by atoms with Crippen molar-refractivity contribution in [1.29, 1.82) is 0 Å². The number of nitrogens with zero attached hydrogens (tertiary/aromatic N) is 6. The largest absolute Gasteiger partial charge is 0.368 e. The summed E-state index contributed by atoms with van der Waals surface area (Å²) in [4.78, 5) is 16.2. The van der Waals surface area contributed by atoms with Crippen molar-refractivity contribution in [2.45, 2.75) is 13.5 Å². The molecule has 0 spiro atoms. The minimum atomic E-state index is 0.127. The second-order valence-electron chi connectivity index (χ2n) is 4.50. The molecule has 3 rings (SSSR count). The number of anilines is 2. The van der Waals surface area contributed by atoms with Crippen molar-refractivity contribution < 1.29 is 0 Å². The van der Waals surface area contributed by atoms with Gasteiger partial charge in [0.15, 0.2) is 0 Å². The lowest BCUT2D eigenvalue weighted by Crippen LogP contribution is -2.11. The maximum atomic E-state index is 5.69. The van der Waals surface area contributed by atoms with Crippen molar-refractivity contribution in [3.63, 3.8) is 0 Å². The van der Waals surface area contributed by atoms with Gasteiger partial charge in [-0.25, -0.2) is 4.98 Å². The van der Waals surface area contributed by atoms with Crippen molar-refractivity contribution in [1.82, 2.24) is 29.7 Å². The summed E-state index contributed by atoms with van der Waals surface area (Å²) in [6.45, 7) is 2.65. The van der Waals surface area contributed by atoms with Crippen molar-refractivity contribution in [3.05, 3.63) is 48.0 Å². The predicted molar refractivity (Wildman–Crippen MR) is 77.7 cm³/mol. The molecule has 0 atom stereocenters. The van der Waals surface area contributed by atoms with Crippen LogP contribution in [-0.2, 0) is 6.54 Å². The fourth-order valence-corrected chi connectivity index (χ4v) is 1.88. The Hall–Kier alpha value is -3.03. The van der Waals surface area contributed by atoms with E-state index in [-0.39, 0.29) is 5.95 Å². The number of nitrogens with one attached hydrogen (secondary N) is 1. The lowest BCUT2D eigenvalue weighted by molar-refractivity contribution is 0.797. The van der Waals surface area contributed by atoms with Gasteiger partial charge in [0.1, 0.15) is 12.7 Å². The highest BCUT2D eigenvalue weighted by Crippen LogP contribution is 2.09. The Labute approximate surface area is 121 Å². The maximum absolute atomic E-state index is 5.69. The van der Waals surface area contributed by atoms with Gasteiger partial charge in [-0.15, -0.1) is 0 Å². The van der Waals surface area contributed by atoms with Gasteiger partial charge >= 0.3 is 0 Å². The fourth-order valence-electron chi connectivity index (χ4n) is 1.88. The molecule has 0 aliphatic rings. The zero-order chi connectivity index (χ0) is 14.7. The van der Waals surface area contributed by atoms with E-state index in [1.807, 2.05) is 25.1 Å². The quantitative estimate of drug-likeness (QED) is 0.733. The molecule has 0 unspecified atom stereocenters. The van der Waals surface area contributed by atoms with Crippen molar-refractivity contribution in [2.75, 3.05) is 11.1 Å². The highest BCUT2D eigenvalue weighted by atomic mass is 15.4. The summed E-state index contributed by atoms with van der Waals surface area (Å²) >= 11 is 0. The van der Waals surface area contributed by atoms with Crippen LogP contribution in [0.25, 0.3) is 5.95 Å². The molecule has 0 bridgehead atoms. The molecule has 3 N–H and O–H groups in total. The molecule has 0 saturated heterocycles. The minimum Gasteiger partial charge on any atom is -0.368 e. The molecule has 8 nitrogen and oxygen atoms in total. The monoisotopic (exact) mass is 282 g/mol. The van der Waals surface area contributed by atoms with Crippen LogP contribution < -0.4 is 11.1 Å². The number of hydrogen-bond donors (Lipinski definition) is 2. The third-order valence-electron chi connectivity index (χ3n) is 2.80. The van der Waals surface area contributed by atoms with Crippen LogP contribution in [0.5, 0.6) is 0 Å². The van der Waals surface area contributed by atoms with Crippen LogP contribution in [0.4, 0.5) is 11.9 Å². The first kappa shape index (κ1) is 13.0. The van der Waals surface area contributed by atoms with Crippen molar-refractivity contribution >= 4 is 11.9 Å². The number of nitrogen functional groups attached to an aromatic ring is 1. The fraction of sp³-hybridized carbons (Fsp3) is 0.154. The topological polar surface area (TPSA) is 107 Å². The minimum absolute atomic E-state index is 0.127. The summed E-state index contributed by atoms with van der Waals surface area (Å²) in [5.41, 5.74) is 8.03. The highest BCUT2D eigenvalue weighted by molar-refractivity contribution is 5.36. The number of nitrogens with two attached hydrogens (primary N) is 1. The van der Waals surface area contributed by atoms with Gasteiger partial charge in [0, 0.05) is 6.54 Å². The van der Waals surface area contributed by atoms with Gasteiger partial charge in [-0.05, 0) is 12.5 Å². The number of rotatable bonds is 4. The Morgan fingerprint density at radius 3 is 2.90 bits per heavy atom. The van der Waals surface area contributed by atoms with Crippen LogP contribution in [0.15, 0.2) is 36.9 Å². The molecule has 106 valence electrons. The molecule has 0 aliphatic carbocycles. The SMILES string of the molecule is Cc1cccc(CNc2nc(N)nc(-n3cncn3)n2)c1. The van der Waals surface area contributed by atoms with Crippen LogP contribution in [0, 0.1) is 6.92 Å². The van der Waals surface area contributed by atoms with Gasteiger partial charge in [-0.3, -0.25) is 0 Å². The van der Waals surface area contributed by atoms with E-state index in [4.69, 9.17) is 5.73 Å². The first-order chi connectivity index (χ1) is 10.2. The smallest absolute Gasteiger partial charge is 0.258 e.